The number of nitrogens with zero attached hydrogens (tertiary/aromatic N) is 1. The molecule has 0 heterocycles. The highest BCUT2D eigenvalue weighted by molar-refractivity contribution is 5.15. The van der Waals surface area contributed by atoms with E-state index in [-0.39, 0.29) is 0 Å². The van der Waals surface area contributed by atoms with E-state index >= 15 is 0 Å². The van der Waals surface area contributed by atoms with Crippen molar-refractivity contribution >= 4 is 0 Å². The van der Waals surface area contributed by atoms with E-state index in [2.05, 4.69) is 74.5 Å². The number of benzene rings is 2. The van der Waals surface area contributed by atoms with E-state index in [9.17, 15) is 0 Å². The van der Waals surface area contributed by atoms with E-state index < -0.39 is 0 Å². The van der Waals surface area contributed by atoms with E-state index in [1.807, 2.05) is 0 Å². The van der Waals surface area contributed by atoms with Crippen LogP contribution >= 0.6 is 0 Å². The fourth-order valence-electron chi connectivity index (χ4n) is 7.00. The van der Waals surface area contributed by atoms with Gasteiger partial charge in [0, 0.05) is 11.1 Å². The molecule has 1 heteroatoms. The second kappa shape index (κ2) is 26.8. The second-order valence-corrected chi connectivity index (χ2v) is 13.9. The zero-order valence-electron chi connectivity index (χ0n) is 29.0. The van der Waals surface area contributed by atoms with Gasteiger partial charge in [0.1, 0.15) is 13.1 Å². The van der Waals surface area contributed by atoms with E-state index in [1.54, 1.807) is 0 Å². The summed E-state index contributed by atoms with van der Waals surface area (Å²) in [7, 11) is 0. The number of quaternary nitrogens is 1. The summed E-state index contributed by atoms with van der Waals surface area (Å²) in [5.74, 6) is 0. The molecule has 0 aliphatic heterocycles. The topological polar surface area (TPSA) is 0 Å². The molecule has 2 aromatic rings. The van der Waals surface area contributed by atoms with Gasteiger partial charge in [-0.1, -0.05) is 203 Å². The molecular weight excluding hydrogens is 518 g/mol. The second-order valence-electron chi connectivity index (χ2n) is 13.9. The maximum atomic E-state index is 2.36. The minimum atomic E-state index is 1.17. The lowest BCUT2D eigenvalue weighted by atomic mass is 10.0. The van der Waals surface area contributed by atoms with Gasteiger partial charge in [0.05, 0.1) is 13.1 Å². The van der Waals surface area contributed by atoms with Crippen molar-refractivity contribution in [2.45, 2.75) is 181 Å². The van der Waals surface area contributed by atoms with Crippen molar-refractivity contribution in [2.75, 3.05) is 13.1 Å². The average molecular weight is 591 g/mol. The van der Waals surface area contributed by atoms with Gasteiger partial charge in [0.15, 0.2) is 0 Å². The first-order valence-corrected chi connectivity index (χ1v) is 19.2. The van der Waals surface area contributed by atoms with Crippen LogP contribution in [0.25, 0.3) is 0 Å². The lowest BCUT2D eigenvalue weighted by Gasteiger charge is -2.39. The number of unbranched alkanes of at least 4 members (excludes halogenated alkanes) is 22. The Morgan fingerprint density at radius 2 is 0.581 bits per heavy atom. The Morgan fingerprint density at radius 1 is 0.326 bits per heavy atom. The smallest absolute Gasteiger partial charge is 0.105 e. The third-order valence-corrected chi connectivity index (χ3v) is 9.69. The van der Waals surface area contributed by atoms with Crippen molar-refractivity contribution in [1.29, 1.82) is 0 Å². The Morgan fingerprint density at radius 3 is 0.860 bits per heavy atom. The molecule has 0 unspecified atom stereocenters. The third-order valence-electron chi connectivity index (χ3n) is 9.69. The van der Waals surface area contributed by atoms with E-state index in [0.29, 0.717) is 0 Å². The van der Waals surface area contributed by atoms with Crippen LogP contribution in [0.15, 0.2) is 60.7 Å². The monoisotopic (exact) mass is 591 g/mol. The van der Waals surface area contributed by atoms with Crippen LogP contribution in [0.1, 0.15) is 179 Å². The molecule has 244 valence electrons. The van der Waals surface area contributed by atoms with Gasteiger partial charge in [-0.15, -0.1) is 0 Å². The summed E-state index contributed by atoms with van der Waals surface area (Å²) >= 11 is 0. The van der Waals surface area contributed by atoms with E-state index in [4.69, 9.17) is 0 Å². The summed E-state index contributed by atoms with van der Waals surface area (Å²) in [5, 5.41) is 0. The predicted octanol–water partition coefficient (Wildman–Crippen LogP) is 13.6. The van der Waals surface area contributed by atoms with Gasteiger partial charge in [0.25, 0.3) is 0 Å². The van der Waals surface area contributed by atoms with Crippen LogP contribution in [0.2, 0.25) is 0 Å². The summed E-state index contributed by atoms with van der Waals surface area (Å²) in [6.07, 6.45) is 34.2. The fourth-order valence-corrected chi connectivity index (χ4v) is 7.00. The molecule has 0 atom stereocenters. The molecule has 0 saturated carbocycles. The van der Waals surface area contributed by atoms with Gasteiger partial charge >= 0.3 is 0 Å². The quantitative estimate of drug-likeness (QED) is 0.0627. The minimum absolute atomic E-state index is 1.17. The molecule has 2 rings (SSSR count). The molecule has 0 fully saturated rings. The van der Waals surface area contributed by atoms with Gasteiger partial charge in [-0.2, -0.15) is 0 Å². The normalized spacial score (nSPS) is 11.8. The lowest BCUT2D eigenvalue weighted by molar-refractivity contribution is -0.954. The molecule has 2 aromatic carbocycles. The zero-order chi connectivity index (χ0) is 30.5. The third kappa shape index (κ3) is 20.1. The van der Waals surface area contributed by atoms with Crippen molar-refractivity contribution in [3.05, 3.63) is 71.8 Å². The van der Waals surface area contributed by atoms with Crippen LogP contribution in [-0.4, -0.2) is 17.6 Å². The summed E-state index contributed by atoms with van der Waals surface area (Å²) in [6.45, 7) is 9.60. The highest BCUT2D eigenvalue weighted by Gasteiger charge is 2.27. The Kier molecular flexibility index (Phi) is 23.4. The van der Waals surface area contributed by atoms with Crippen molar-refractivity contribution in [3.63, 3.8) is 0 Å². The molecule has 0 aliphatic carbocycles. The van der Waals surface area contributed by atoms with Gasteiger partial charge in [-0.3, -0.25) is 0 Å². The summed E-state index contributed by atoms with van der Waals surface area (Å²) < 4.78 is 1.23. The fraction of sp³-hybridized carbons (Fsp3) is 0.714. The molecule has 0 saturated heterocycles. The molecular formula is C42H72N+. The number of rotatable bonds is 30. The highest BCUT2D eigenvalue weighted by atomic mass is 15.3. The molecule has 0 bridgehead atoms. The molecule has 0 spiro atoms. The predicted molar refractivity (Wildman–Crippen MR) is 192 cm³/mol. The van der Waals surface area contributed by atoms with Crippen LogP contribution in [0, 0.1) is 0 Å². The molecule has 43 heavy (non-hydrogen) atoms. The molecule has 0 aromatic heterocycles. The van der Waals surface area contributed by atoms with Crippen LogP contribution in [0.5, 0.6) is 0 Å². The first kappa shape index (κ1) is 37.6. The van der Waals surface area contributed by atoms with Crippen molar-refractivity contribution in [1.82, 2.24) is 0 Å². The molecule has 0 amide bonds. The molecule has 0 aliphatic rings. The largest absolute Gasteiger partial charge is 0.316 e. The Balaban J connectivity index is 1.80. The van der Waals surface area contributed by atoms with Crippen molar-refractivity contribution in [2.24, 2.45) is 0 Å². The van der Waals surface area contributed by atoms with Crippen LogP contribution in [-0.2, 0) is 13.1 Å². The van der Waals surface area contributed by atoms with Crippen LogP contribution in [0.4, 0.5) is 0 Å². The van der Waals surface area contributed by atoms with Crippen molar-refractivity contribution in [3.8, 4) is 0 Å². The molecule has 0 N–H and O–H groups in total. The summed E-state index contributed by atoms with van der Waals surface area (Å²) in [6, 6.07) is 22.7. The zero-order valence-corrected chi connectivity index (χ0v) is 29.0. The van der Waals surface area contributed by atoms with Crippen LogP contribution in [0.3, 0.4) is 0 Å². The molecule has 1 nitrogen and oxygen atoms in total. The Bertz CT molecular complexity index is 757. The molecule has 0 radical (unpaired) electrons. The van der Waals surface area contributed by atoms with Gasteiger partial charge in [-0.05, 0) is 25.7 Å². The summed E-state index contributed by atoms with van der Waals surface area (Å²) in [5.41, 5.74) is 3.02. The lowest BCUT2D eigenvalue weighted by Crippen LogP contribution is -2.48. The van der Waals surface area contributed by atoms with Crippen LogP contribution < -0.4 is 0 Å². The maximum Gasteiger partial charge on any atom is 0.105 e. The minimum Gasteiger partial charge on any atom is -0.316 e. The standard InChI is InChI=1S/C42H72N/c1-3-5-7-9-11-13-15-17-19-21-23-31-37-43(39-41-33-27-25-28-34-41,40-42-35-29-26-30-36-42)38-32-24-22-20-18-16-14-12-10-8-6-4-2/h25-30,33-36H,3-24,31-32,37-40H2,1-2H3/q+1. The first-order chi connectivity index (χ1) is 21.3. The van der Waals surface area contributed by atoms with Gasteiger partial charge < -0.3 is 4.48 Å². The highest BCUT2D eigenvalue weighted by Crippen LogP contribution is 2.24. The van der Waals surface area contributed by atoms with Gasteiger partial charge in [-0.25, -0.2) is 0 Å². The van der Waals surface area contributed by atoms with Crippen molar-refractivity contribution < 1.29 is 4.48 Å². The maximum absolute atomic E-state index is 2.36. The van der Waals surface area contributed by atoms with Gasteiger partial charge in [0.2, 0.25) is 0 Å². The number of hydrogen-bond acceptors (Lipinski definition) is 0. The van der Waals surface area contributed by atoms with E-state index in [1.165, 1.54) is 196 Å². The first-order valence-electron chi connectivity index (χ1n) is 19.2. The van der Waals surface area contributed by atoms with E-state index in [0.717, 1.165) is 0 Å². The SMILES string of the molecule is CCCCCCCCCCCCCC[N+](CCCCCCCCCCCCCC)(Cc1ccccc1)Cc1ccccc1. The average Bonchev–Trinajstić information content (AvgIpc) is 3.03. The summed E-state index contributed by atoms with van der Waals surface area (Å²) in [4.78, 5) is 0. The Hall–Kier alpha value is -1.60. The Labute approximate surface area is 269 Å². The number of hydrogen-bond donors (Lipinski definition) is 0.